The Labute approximate surface area is 100 Å². The maximum Gasteiger partial charge on any atom is 0.113 e. The van der Waals surface area contributed by atoms with Crippen LogP contribution in [0.15, 0.2) is 6.20 Å². The molecule has 4 heteroatoms. The van der Waals surface area contributed by atoms with Crippen LogP contribution >= 0.6 is 22.9 Å². The smallest absolute Gasteiger partial charge is 0.113 e. The molecule has 0 amide bonds. The average molecular weight is 245 g/mol. The van der Waals surface area contributed by atoms with Crippen molar-refractivity contribution >= 4 is 22.9 Å². The maximum absolute atomic E-state index is 5.95. The molecule has 2 unspecified atom stereocenters. The number of halogens is 1. The molecule has 1 N–H and O–H groups in total. The molecule has 1 aromatic heterocycles. The monoisotopic (exact) mass is 244 g/mol. The first kappa shape index (κ1) is 11.4. The predicted octanol–water partition coefficient (Wildman–Crippen LogP) is 3.15. The number of hydrogen-bond donors (Lipinski definition) is 1. The highest BCUT2D eigenvalue weighted by molar-refractivity contribution is 7.15. The Balaban J connectivity index is 2.17. The third-order valence-electron chi connectivity index (χ3n) is 3.20. The molecule has 0 aliphatic carbocycles. The number of hydrogen-bond acceptors (Lipinski definition) is 3. The molecule has 0 saturated carbocycles. The molecule has 1 aliphatic rings. The Morgan fingerprint density at radius 3 is 3.00 bits per heavy atom. The van der Waals surface area contributed by atoms with Crippen molar-refractivity contribution in [2.45, 2.75) is 26.2 Å². The minimum absolute atomic E-state index is 0.601. The molecule has 1 aromatic rings. The molecule has 0 bridgehead atoms. The van der Waals surface area contributed by atoms with E-state index in [2.05, 4.69) is 24.1 Å². The molecule has 0 aromatic carbocycles. The van der Waals surface area contributed by atoms with Crippen molar-refractivity contribution < 1.29 is 0 Å². The first-order valence-corrected chi connectivity index (χ1v) is 6.70. The lowest BCUT2D eigenvalue weighted by Gasteiger charge is -2.33. The van der Waals surface area contributed by atoms with E-state index in [0.29, 0.717) is 17.8 Å². The first-order valence-electron chi connectivity index (χ1n) is 5.50. The van der Waals surface area contributed by atoms with Crippen LogP contribution in [0.2, 0.25) is 4.34 Å². The molecular formula is C11H17ClN2S. The largest absolute Gasteiger partial charge is 0.316 e. The molecule has 1 fully saturated rings. The third-order valence-corrected chi connectivity index (χ3v) is 4.44. The van der Waals surface area contributed by atoms with Crippen molar-refractivity contribution in [3.8, 4) is 0 Å². The van der Waals surface area contributed by atoms with E-state index < -0.39 is 0 Å². The Kier molecular flexibility index (Phi) is 3.65. The topological polar surface area (TPSA) is 24.9 Å². The highest BCUT2D eigenvalue weighted by atomic mass is 35.5. The van der Waals surface area contributed by atoms with Gasteiger partial charge in [-0.3, -0.25) is 0 Å². The summed E-state index contributed by atoms with van der Waals surface area (Å²) in [6.07, 6.45) is 2.97. The van der Waals surface area contributed by atoms with Crippen molar-refractivity contribution in [2.24, 2.45) is 11.8 Å². The minimum Gasteiger partial charge on any atom is -0.316 e. The average Bonchev–Trinajstić information content (AvgIpc) is 2.65. The highest BCUT2D eigenvalue weighted by Gasteiger charge is 2.30. The van der Waals surface area contributed by atoms with Crippen LogP contribution in [0.1, 0.15) is 31.2 Å². The van der Waals surface area contributed by atoms with Gasteiger partial charge in [0.15, 0.2) is 0 Å². The van der Waals surface area contributed by atoms with Crippen LogP contribution in [0, 0.1) is 11.8 Å². The fourth-order valence-corrected chi connectivity index (χ4v) is 3.47. The summed E-state index contributed by atoms with van der Waals surface area (Å²) in [6.45, 7) is 6.80. The number of thiazole rings is 1. The molecule has 84 valence electrons. The van der Waals surface area contributed by atoms with E-state index in [1.165, 1.54) is 11.4 Å². The van der Waals surface area contributed by atoms with Crippen molar-refractivity contribution in [1.29, 1.82) is 0 Å². The maximum atomic E-state index is 5.95. The van der Waals surface area contributed by atoms with E-state index in [0.717, 1.165) is 17.4 Å². The Bertz CT molecular complexity index is 324. The van der Waals surface area contributed by atoms with E-state index in [1.54, 1.807) is 17.5 Å². The molecule has 1 saturated heterocycles. The predicted molar refractivity (Wildman–Crippen MR) is 65.7 cm³/mol. The standard InChI is InChI=1S/C11H17ClN2S/c1-7(2)9-5-13-4-3-8(9)11-14-6-10(12)15-11/h6-9,13H,3-5H2,1-2H3. The molecule has 0 spiro atoms. The van der Waals surface area contributed by atoms with E-state index in [4.69, 9.17) is 11.6 Å². The fourth-order valence-electron chi connectivity index (χ4n) is 2.33. The molecule has 2 nitrogen and oxygen atoms in total. The zero-order valence-corrected chi connectivity index (χ0v) is 10.7. The van der Waals surface area contributed by atoms with Gasteiger partial charge >= 0.3 is 0 Å². The number of rotatable bonds is 2. The number of piperidine rings is 1. The van der Waals surface area contributed by atoms with E-state index >= 15 is 0 Å². The van der Waals surface area contributed by atoms with Crippen LogP contribution < -0.4 is 5.32 Å². The lowest BCUT2D eigenvalue weighted by Crippen LogP contribution is -2.37. The Morgan fingerprint density at radius 1 is 1.60 bits per heavy atom. The van der Waals surface area contributed by atoms with Gasteiger partial charge in [-0.2, -0.15) is 0 Å². The molecule has 2 atom stereocenters. The lowest BCUT2D eigenvalue weighted by molar-refractivity contribution is 0.255. The molecular weight excluding hydrogens is 228 g/mol. The zero-order chi connectivity index (χ0) is 10.8. The highest BCUT2D eigenvalue weighted by Crippen LogP contribution is 2.37. The summed E-state index contributed by atoms with van der Waals surface area (Å²) in [7, 11) is 0. The van der Waals surface area contributed by atoms with Crippen LogP contribution in [0.3, 0.4) is 0 Å². The van der Waals surface area contributed by atoms with Crippen LogP contribution in [0.4, 0.5) is 0 Å². The summed E-state index contributed by atoms with van der Waals surface area (Å²) in [5.41, 5.74) is 0. The molecule has 2 rings (SSSR count). The van der Waals surface area contributed by atoms with Crippen molar-refractivity contribution in [3.63, 3.8) is 0 Å². The Hall–Kier alpha value is -0.120. The van der Waals surface area contributed by atoms with Gasteiger partial charge in [0.05, 0.1) is 11.2 Å². The molecule has 2 heterocycles. The SMILES string of the molecule is CC(C)C1CNCCC1c1ncc(Cl)s1. The van der Waals surface area contributed by atoms with Crippen LogP contribution in [0.5, 0.6) is 0 Å². The van der Waals surface area contributed by atoms with Gasteiger partial charge in [0.2, 0.25) is 0 Å². The van der Waals surface area contributed by atoms with Gasteiger partial charge in [0.1, 0.15) is 4.34 Å². The normalized spacial score (nSPS) is 27.2. The first-order chi connectivity index (χ1) is 7.18. The number of nitrogens with zero attached hydrogens (tertiary/aromatic N) is 1. The third kappa shape index (κ3) is 2.52. The van der Waals surface area contributed by atoms with E-state index in [-0.39, 0.29) is 0 Å². The van der Waals surface area contributed by atoms with E-state index in [9.17, 15) is 0 Å². The van der Waals surface area contributed by atoms with Crippen molar-refractivity contribution in [3.05, 3.63) is 15.5 Å². The lowest BCUT2D eigenvalue weighted by atomic mass is 9.79. The van der Waals surface area contributed by atoms with Gasteiger partial charge in [0.25, 0.3) is 0 Å². The minimum atomic E-state index is 0.601. The number of nitrogens with one attached hydrogen (secondary N) is 1. The summed E-state index contributed by atoms with van der Waals surface area (Å²) >= 11 is 7.59. The van der Waals surface area contributed by atoms with Crippen LogP contribution in [0.25, 0.3) is 0 Å². The van der Waals surface area contributed by atoms with Crippen molar-refractivity contribution in [1.82, 2.24) is 10.3 Å². The van der Waals surface area contributed by atoms with Gasteiger partial charge < -0.3 is 5.32 Å². The second kappa shape index (κ2) is 4.81. The Morgan fingerprint density at radius 2 is 2.40 bits per heavy atom. The molecule has 15 heavy (non-hydrogen) atoms. The summed E-state index contributed by atoms with van der Waals surface area (Å²) in [6, 6.07) is 0. The van der Waals surface area contributed by atoms with Crippen LogP contribution in [-0.2, 0) is 0 Å². The van der Waals surface area contributed by atoms with Gasteiger partial charge in [-0.15, -0.1) is 11.3 Å². The second-order valence-electron chi connectivity index (χ2n) is 4.51. The van der Waals surface area contributed by atoms with Gasteiger partial charge in [-0.05, 0) is 31.3 Å². The molecule has 1 aliphatic heterocycles. The summed E-state index contributed by atoms with van der Waals surface area (Å²) < 4.78 is 0.811. The van der Waals surface area contributed by atoms with Gasteiger partial charge in [-0.25, -0.2) is 4.98 Å². The van der Waals surface area contributed by atoms with Crippen molar-refractivity contribution in [2.75, 3.05) is 13.1 Å². The zero-order valence-electron chi connectivity index (χ0n) is 9.16. The quantitative estimate of drug-likeness (QED) is 0.865. The summed E-state index contributed by atoms with van der Waals surface area (Å²) in [4.78, 5) is 4.43. The van der Waals surface area contributed by atoms with Crippen LogP contribution in [-0.4, -0.2) is 18.1 Å². The number of aromatic nitrogens is 1. The van der Waals surface area contributed by atoms with E-state index in [1.807, 2.05) is 0 Å². The second-order valence-corrected chi connectivity index (χ2v) is 6.20. The summed E-state index contributed by atoms with van der Waals surface area (Å²) in [5.74, 6) is 2.00. The van der Waals surface area contributed by atoms with Gasteiger partial charge in [-0.1, -0.05) is 25.4 Å². The summed E-state index contributed by atoms with van der Waals surface area (Å²) in [5, 5.41) is 4.69. The molecule has 0 radical (unpaired) electrons. The van der Waals surface area contributed by atoms with Gasteiger partial charge in [0, 0.05) is 5.92 Å². The fraction of sp³-hybridized carbons (Fsp3) is 0.727.